The van der Waals surface area contributed by atoms with E-state index in [1.165, 1.54) is 12.8 Å². The minimum Gasteiger partial charge on any atom is -0.382 e. The van der Waals surface area contributed by atoms with Crippen LogP contribution in [0, 0.1) is 18.3 Å². The average Bonchev–Trinajstić information content (AvgIpc) is 2.21. The fourth-order valence-corrected chi connectivity index (χ4v) is 1.67. The number of hydrogen-bond acceptors (Lipinski definition) is 2. The Morgan fingerprint density at radius 3 is 2.73 bits per heavy atom. The van der Waals surface area contributed by atoms with Crippen molar-refractivity contribution in [3.05, 3.63) is 29.3 Å². The summed E-state index contributed by atoms with van der Waals surface area (Å²) in [6.07, 6.45) is 2.35. The molecule has 0 heterocycles. The summed E-state index contributed by atoms with van der Waals surface area (Å²) in [4.78, 5) is 0. The Morgan fingerprint density at radius 1 is 1.47 bits per heavy atom. The highest BCUT2D eigenvalue weighted by Crippen LogP contribution is 2.17. The molecule has 0 aliphatic heterocycles. The van der Waals surface area contributed by atoms with Gasteiger partial charge in [-0.2, -0.15) is 5.26 Å². The Hall–Kier alpha value is -1.49. The van der Waals surface area contributed by atoms with Gasteiger partial charge in [0, 0.05) is 11.7 Å². The summed E-state index contributed by atoms with van der Waals surface area (Å²) < 4.78 is 0. The zero-order valence-electron chi connectivity index (χ0n) is 9.67. The molecule has 0 spiro atoms. The lowest BCUT2D eigenvalue weighted by Crippen LogP contribution is -2.15. The predicted octanol–water partition coefficient (Wildman–Crippen LogP) is 3.47. The van der Waals surface area contributed by atoms with Crippen molar-refractivity contribution < 1.29 is 0 Å². The maximum Gasteiger partial charge on any atom is 0.0991 e. The first-order valence-electron chi connectivity index (χ1n) is 5.44. The molecule has 0 fully saturated rings. The number of anilines is 1. The second-order valence-electron chi connectivity index (χ2n) is 3.98. The van der Waals surface area contributed by atoms with Crippen molar-refractivity contribution in [3.8, 4) is 6.07 Å². The summed E-state index contributed by atoms with van der Waals surface area (Å²) >= 11 is 0. The second kappa shape index (κ2) is 5.41. The molecule has 15 heavy (non-hydrogen) atoms. The van der Waals surface area contributed by atoms with E-state index in [1.54, 1.807) is 0 Å². The molecular weight excluding hydrogens is 184 g/mol. The average molecular weight is 202 g/mol. The highest BCUT2D eigenvalue weighted by Gasteiger charge is 2.03. The van der Waals surface area contributed by atoms with Crippen LogP contribution < -0.4 is 5.32 Å². The number of nitriles is 1. The van der Waals surface area contributed by atoms with Crippen LogP contribution in [-0.4, -0.2) is 6.04 Å². The molecule has 0 aliphatic carbocycles. The topological polar surface area (TPSA) is 35.8 Å². The van der Waals surface area contributed by atoms with Gasteiger partial charge in [-0.1, -0.05) is 13.3 Å². The molecule has 1 rings (SSSR count). The Kier molecular flexibility index (Phi) is 4.17. The number of hydrogen-bond donors (Lipinski definition) is 1. The van der Waals surface area contributed by atoms with Crippen LogP contribution in [0.25, 0.3) is 0 Å². The molecule has 0 amide bonds. The van der Waals surface area contributed by atoms with E-state index in [0.717, 1.165) is 16.8 Å². The fourth-order valence-electron chi connectivity index (χ4n) is 1.67. The molecule has 0 unspecified atom stereocenters. The maximum atomic E-state index is 8.75. The Morgan fingerprint density at radius 2 is 2.20 bits per heavy atom. The third-order valence-corrected chi connectivity index (χ3v) is 2.48. The molecule has 0 aromatic heterocycles. The van der Waals surface area contributed by atoms with Gasteiger partial charge in [-0.25, -0.2) is 0 Å². The van der Waals surface area contributed by atoms with Gasteiger partial charge in [-0.15, -0.1) is 0 Å². The van der Waals surface area contributed by atoms with Gasteiger partial charge in [-0.05, 0) is 44.0 Å². The SMILES string of the molecule is CCC[C@H](C)Nc1ccc(C#N)cc1C. The smallest absolute Gasteiger partial charge is 0.0991 e. The van der Waals surface area contributed by atoms with Crippen LogP contribution in [0.1, 0.15) is 37.8 Å². The van der Waals surface area contributed by atoms with Crippen molar-refractivity contribution in [1.29, 1.82) is 5.26 Å². The van der Waals surface area contributed by atoms with Crippen molar-refractivity contribution in [2.24, 2.45) is 0 Å². The quantitative estimate of drug-likeness (QED) is 0.811. The van der Waals surface area contributed by atoms with E-state index in [9.17, 15) is 0 Å². The van der Waals surface area contributed by atoms with Crippen molar-refractivity contribution in [3.63, 3.8) is 0 Å². The van der Waals surface area contributed by atoms with Crippen LogP contribution in [0.15, 0.2) is 18.2 Å². The number of benzene rings is 1. The molecule has 0 saturated carbocycles. The van der Waals surface area contributed by atoms with E-state index in [-0.39, 0.29) is 0 Å². The molecule has 2 heteroatoms. The summed E-state index contributed by atoms with van der Waals surface area (Å²) in [6, 6.07) is 8.39. The van der Waals surface area contributed by atoms with Gasteiger partial charge in [-0.3, -0.25) is 0 Å². The number of rotatable bonds is 4. The molecule has 80 valence electrons. The van der Waals surface area contributed by atoms with Gasteiger partial charge in [0.15, 0.2) is 0 Å². The Labute approximate surface area is 91.9 Å². The van der Waals surface area contributed by atoms with Crippen molar-refractivity contribution in [2.45, 2.75) is 39.7 Å². The summed E-state index contributed by atoms with van der Waals surface area (Å²) in [5.41, 5.74) is 2.99. The highest BCUT2D eigenvalue weighted by atomic mass is 14.9. The van der Waals surface area contributed by atoms with Crippen LogP contribution >= 0.6 is 0 Å². The van der Waals surface area contributed by atoms with Crippen LogP contribution in [0.2, 0.25) is 0 Å². The van der Waals surface area contributed by atoms with Crippen molar-refractivity contribution in [1.82, 2.24) is 0 Å². The Bertz CT molecular complexity index is 363. The van der Waals surface area contributed by atoms with Crippen LogP contribution in [-0.2, 0) is 0 Å². The van der Waals surface area contributed by atoms with Crippen molar-refractivity contribution in [2.75, 3.05) is 5.32 Å². The van der Waals surface area contributed by atoms with Crippen LogP contribution in [0.5, 0.6) is 0 Å². The maximum absolute atomic E-state index is 8.75. The first-order valence-corrected chi connectivity index (χ1v) is 5.44. The molecule has 0 aliphatic rings. The minimum absolute atomic E-state index is 0.488. The number of nitrogens with zero attached hydrogens (tertiary/aromatic N) is 1. The third kappa shape index (κ3) is 3.28. The molecule has 0 bridgehead atoms. The lowest BCUT2D eigenvalue weighted by molar-refractivity contribution is 0.690. The fraction of sp³-hybridized carbons (Fsp3) is 0.462. The van der Waals surface area contributed by atoms with Crippen LogP contribution in [0.4, 0.5) is 5.69 Å². The second-order valence-corrected chi connectivity index (χ2v) is 3.98. The number of nitrogens with one attached hydrogen (secondary N) is 1. The van der Waals surface area contributed by atoms with E-state index in [4.69, 9.17) is 5.26 Å². The summed E-state index contributed by atoms with van der Waals surface area (Å²) in [5, 5.41) is 12.2. The molecule has 1 atom stereocenters. The zero-order valence-corrected chi connectivity index (χ0v) is 9.67. The Balaban J connectivity index is 2.74. The highest BCUT2D eigenvalue weighted by molar-refractivity contribution is 5.54. The van der Waals surface area contributed by atoms with Gasteiger partial charge in [0.2, 0.25) is 0 Å². The van der Waals surface area contributed by atoms with E-state index in [1.807, 2.05) is 25.1 Å². The summed E-state index contributed by atoms with van der Waals surface area (Å²) in [5.74, 6) is 0. The van der Waals surface area contributed by atoms with Gasteiger partial charge in [0.1, 0.15) is 0 Å². The van der Waals surface area contributed by atoms with Gasteiger partial charge in [0.25, 0.3) is 0 Å². The van der Waals surface area contributed by atoms with E-state index in [0.29, 0.717) is 6.04 Å². The molecule has 1 N–H and O–H groups in total. The monoisotopic (exact) mass is 202 g/mol. The molecule has 2 nitrogen and oxygen atoms in total. The molecule has 0 radical (unpaired) electrons. The zero-order chi connectivity index (χ0) is 11.3. The predicted molar refractivity (Wildman–Crippen MR) is 63.9 cm³/mol. The largest absolute Gasteiger partial charge is 0.382 e. The summed E-state index contributed by atoms with van der Waals surface area (Å²) in [6.45, 7) is 6.40. The van der Waals surface area contributed by atoms with Crippen molar-refractivity contribution >= 4 is 5.69 Å². The van der Waals surface area contributed by atoms with Gasteiger partial charge < -0.3 is 5.32 Å². The first kappa shape index (κ1) is 11.6. The molecular formula is C13H18N2. The lowest BCUT2D eigenvalue weighted by Gasteiger charge is -2.16. The number of aryl methyl sites for hydroxylation is 1. The van der Waals surface area contributed by atoms with Gasteiger partial charge >= 0.3 is 0 Å². The van der Waals surface area contributed by atoms with Gasteiger partial charge in [0.05, 0.1) is 11.6 Å². The first-order chi connectivity index (χ1) is 7.17. The van der Waals surface area contributed by atoms with Crippen LogP contribution in [0.3, 0.4) is 0 Å². The molecule has 0 saturated heterocycles. The van der Waals surface area contributed by atoms with E-state index < -0.39 is 0 Å². The van der Waals surface area contributed by atoms with E-state index in [2.05, 4.69) is 25.2 Å². The third-order valence-electron chi connectivity index (χ3n) is 2.48. The van der Waals surface area contributed by atoms with E-state index >= 15 is 0 Å². The normalized spacial score (nSPS) is 11.9. The standard InChI is InChI=1S/C13H18N2/c1-4-5-11(3)15-13-7-6-12(9-14)8-10(13)2/h6-8,11,15H,4-5H2,1-3H3/t11-/m0/s1. The summed E-state index contributed by atoms with van der Waals surface area (Å²) in [7, 11) is 0. The lowest BCUT2D eigenvalue weighted by atomic mass is 10.1. The molecule has 1 aromatic rings. The molecule has 1 aromatic carbocycles. The minimum atomic E-state index is 0.488.